The zero-order valence-corrected chi connectivity index (χ0v) is 11.0. The minimum atomic E-state index is -0.0144. The van der Waals surface area contributed by atoms with Gasteiger partial charge in [-0.2, -0.15) is 0 Å². The fraction of sp³-hybridized carbons (Fsp3) is 0.154. The number of thiazole rings is 1. The first-order chi connectivity index (χ1) is 8.66. The standard InChI is InChI=1S/C13H13N3OS/c1-16(2)9-15-13-14-8-11(18-13)12(17)10-6-4-3-5-7-10/h3-9H,1-2H3/b15-9+. The number of nitrogens with zero attached hydrogens (tertiary/aromatic N) is 3. The molecule has 1 heterocycles. The molecular formula is C13H13N3OS. The molecule has 18 heavy (non-hydrogen) atoms. The lowest BCUT2D eigenvalue weighted by Gasteiger charge is -1.99. The highest BCUT2D eigenvalue weighted by atomic mass is 32.1. The molecule has 1 aromatic carbocycles. The minimum absolute atomic E-state index is 0.0144. The summed E-state index contributed by atoms with van der Waals surface area (Å²) in [5.41, 5.74) is 0.671. The molecule has 2 aromatic rings. The zero-order valence-electron chi connectivity index (χ0n) is 10.2. The van der Waals surface area contributed by atoms with E-state index in [1.54, 1.807) is 24.7 Å². The third-order valence-electron chi connectivity index (χ3n) is 2.15. The average Bonchev–Trinajstić information content (AvgIpc) is 2.85. The van der Waals surface area contributed by atoms with E-state index in [4.69, 9.17) is 0 Å². The van der Waals surface area contributed by atoms with Gasteiger partial charge in [0.2, 0.25) is 10.9 Å². The summed E-state index contributed by atoms with van der Waals surface area (Å²) >= 11 is 1.29. The Labute approximate surface area is 110 Å². The lowest BCUT2D eigenvalue weighted by molar-refractivity contribution is 0.104. The topological polar surface area (TPSA) is 45.6 Å². The fourth-order valence-electron chi connectivity index (χ4n) is 1.33. The second kappa shape index (κ2) is 5.55. The molecule has 0 aliphatic rings. The third-order valence-corrected chi connectivity index (χ3v) is 3.06. The van der Waals surface area contributed by atoms with Crippen LogP contribution in [0.2, 0.25) is 0 Å². The number of hydrogen-bond acceptors (Lipinski definition) is 4. The van der Waals surface area contributed by atoms with Crippen molar-refractivity contribution in [1.82, 2.24) is 9.88 Å². The van der Waals surface area contributed by atoms with Crippen molar-refractivity contribution in [3.05, 3.63) is 47.0 Å². The summed E-state index contributed by atoms with van der Waals surface area (Å²) in [5, 5.41) is 0.586. The number of carbonyl (C=O) groups is 1. The number of ketones is 1. The molecule has 4 nitrogen and oxygen atoms in total. The van der Waals surface area contributed by atoms with E-state index in [1.165, 1.54) is 11.3 Å². The van der Waals surface area contributed by atoms with Crippen molar-refractivity contribution in [2.24, 2.45) is 4.99 Å². The van der Waals surface area contributed by atoms with E-state index in [9.17, 15) is 4.79 Å². The van der Waals surface area contributed by atoms with Crippen LogP contribution in [0, 0.1) is 0 Å². The van der Waals surface area contributed by atoms with Gasteiger partial charge in [-0.15, -0.1) is 0 Å². The SMILES string of the molecule is CN(C)/C=N/c1ncc(C(=O)c2ccccc2)s1. The van der Waals surface area contributed by atoms with E-state index < -0.39 is 0 Å². The Morgan fingerprint density at radius 2 is 2.06 bits per heavy atom. The largest absolute Gasteiger partial charge is 0.369 e. The number of benzene rings is 1. The highest BCUT2D eigenvalue weighted by Gasteiger charge is 2.11. The van der Waals surface area contributed by atoms with Gasteiger partial charge in [0.05, 0.1) is 17.4 Å². The first-order valence-corrected chi connectivity index (χ1v) is 6.24. The van der Waals surface area contributed by atoms with E-state index in [0.29, 0.717) is 15.6 Å². The second-order valence-electron chi connectivity index (χ2n) is 3.91. The summed E-state index contributed by atoms with van der Waals surface area (Å²) in [6.45, 7) is 0. The Hall–Kier alpha value is -2.01. The number of hydrogen-bond donors (Lipinski definition) is 0. The lowest BCUT2D eigenvalue weighted by Crippen LogP contribution is -2.06. The van der Waals surface area contributed by atoms with Gasteiger partial charge >= 0.3 is 0 Å². The molecule has 2 rings (SSSR count). The Kier molecular flexibility index (Phi) is 3.84. The first kappa shape index (κ1) is 12.4. The van der Waals surface area contributed by atoms with Crippen molar-refractivity contribution in [1.29, 1.82) is 0 Å². The summed E-state index contributed by atoms with van der Waals surface area (Å²) in [4.78, 5) is 22.8. The predicted octanol–water partition coefficient (Wildman–Crippen LogP) is 2.60. The summed E-state index contributed by atoms with van der Waals surface area (Å²) in [5.74, 6) is -0.0144. The molecule has 0 aliphatic carbocycles. The summed E-state index contributed by atoms with van der Waals surface area (Å²) in [6.07, 6.45) is 3.23. The molecule has 0 radical (unpaired) electrons. The van der Waals surface area contributed by atoms with Crippen LogP contribution in [0.5, 0.6) is 0 Å². The molecule has 0 fully saturated rings. The summed E-state index contributed by atoms with van der Waals surface area (Å²) in [6, 6.07) is 9.17. The molecule has 5 heteroatoms. The lowest BCUT2D eigenvalue weighted by atomic mass is 10.1. The zero-order chi connectivity index (χ0) is 13.0. The number of carbonyl (C=O) groups excluding carboxylic acids is 1. The molecule has 0 saturated carbocycles. The highest BCUT2D eigenvalue weighted by molar-refractivity contribution is 7.17. The van der Waals surface area contributed by atoms with Gasteiger partial charge in [-0.05, 0) is 0 Å². The molecule has 0 aliphatic heterocycles. The van der Waals surface area contributed by atoms with Crippen LogP contribution in [0.15, 0.2) is 41.5 Å². The van der Waals surface area contributed by atoms with Crippen LogP contribution in [0.4, 0.5) is 5.13 Å². The first-order valence-electron chi connectivity index (χ1n) is 5.43. The van der Waals surface area contributed by atoms with E-state index in [1.807, 2.05) is 37.2 Å². The molecule has 0 N–H and O–H groups in total. The van der Waals surface area contributed by atoms with Crippen LogP contribution in [0.1, 0.15) is 15.2 Å². The quantitative estimate of drug-likeness (QED) is 0.481. The van der Waals surface area contributed by atoms with Crippen molar-refractivity contribution in [2.45, 2.75) is 0 Å². The third kappa shape index (κ3) is 3.01. The molecular weight excluding hydrogens is 246 g/mol. The Bertz CT molecular complexity index is 561. The second-order valence-corrected chi connectivity index (χ2v) is 4.92. The van der Waals surface area contributed by atoms with E-state index in [0.717, 1.165) is 0 Å². The minimum Gasteiger partial charge on any atom is -0.369 e. The Morgan fingerprint density at radius 1 is 1.33 bits per heavy atom. The van der Waals surface area contributed by atoms with E-state index in [-0.39, 0.29) is 5.78 Å². The predicted molar refractivity (Wildman–Crippen MR) is 73.8 cm³/mol. The maximum atomic E-state index is 12.1. The maximum Gasteiger partial charge on any atom is 0.211 e. The normalized spacial score (nSPS) is 10.8. The molecule has 0 amide bonds. The number of aliphatic imine (C=N–C) groups is 1. The molecule has 92 valence electrons. The summed E-state index contributed by atoms with van der Waals surface area (Å²) < 4.78 is 0. The van der Waals surface area contributed by atoms with Gasteiger partial charge in [0.1, 0.15) is 0 Å². The number of rotatable bonds is 4. The molecule has 0 atom stereocenters. The van der Waals surface area contributed by atoms with Gasteiger partial charge in [0.15, 0.2) is 0 Å². The van der Waals surface area contributed by atoms with Crippen molar-refractivity contribution in [3.8, 4) is 0 Å². The average molecular weight is 259 g/mol. The Balaban J connectivity index is 2.18. The van der Waals surface area contributed by atoms with Crippen molar-refractivity contribution >= 4 is 28.6 Å². The van der Waals surface area contributed by atoms with Crippen LogP contribution < -0.4 is 0 Å². The monoisotopic (exact) mass is 259 g/mol. The van der Waals surface area contributed by atoms with Gasteiger partial charge in [0, 0.05) is 19.7 Å². The Morgan fingerprint density at radius 3 is 2.72 bits per heavy atom. The van der Waals surface area contributed by atoms with Crippen LogP contribution in [-0.4, -0.2) is 36.1 Å². The van der Waals surface area contributed by atoms with Crippen LogP contribution in [0.3, 0.4) is 0 Å². The van der Waals surface area contributed by atoms with Gasteiger partial charge in [-0.1, -0.05) is 41.7 Å². The van der Waals surface area contributed by atoms with Crippen molar-refractivity contribution in [2.75, 3.05) is 14.1 Å². The van der Waals surface area contributed by atoms with Crippen LogP contribution >= 0.6 is 11.3 Å². The van der Waals surface area contributed by atoms with Crippen molar-refractivity contribution in [3.63, 3.8) is 0 Å². The van der Waals surface area contributed by atoms with Crippen LogP contribution in [-0.2, 0) is 0 Å². The molecule has 0 spiro atoms. The molecule has 0 saturated heterocycles. The van der Waals surface area contributed by atoms with E-state index >= 15 is 0 Å². The molecule has 1 aromatic heterocycles. The van der Waals surface area contributed by atoms with Gasteiger partial charge in [-0.3, -0.25) is 4.79 Å². The maximum absolute atomic E-state index is 12.1. The fourth-order valence-corrected chi connectivity index (χ4v) is 2.04. The van der Waals surface area contributed by atoms with Gasteiger partial charge < -0.3 is 4.90 Å². The summed E-state index contributed by atoms with van der Waals surface area (Å²) in [7, 11) is 3.76. The van der Waals surface area contributed by atoms with Gasteiger partial charge in [-0.25, -0.2) is 9.98 Å². The molecule has 0 bridgehead atoms. The number of aromatic nitrogens is 1. The van der Waals surface area contributed by atoms with Crippen molar-refractivity contribution < 1.29 is 4.79 Å². The molecule has 0 unspecified atom stereocenters. The van der Waals surface area contributed by atoms with Crippen LogP contribution in [0.25, 0.3) is 0 Å². The van der Waals surface area contributed by atoms with Gasteiger partial charge in [0.25, 0.3) is 0 Å². The smallest absolute Gasteiger partial charge is 0.211 e. The highest BCUT2D eigenvalue weighted by Crippen LogP contribution is 2.23. The van der Waals surface area contributed by atoms with E-state index in [2.05, 4.69) is 9.98 Å².